The third kappa shape index (κ3) is 3.85. The standard InChI is InChI=1S/C16H17NOS/c1-3-10-18-15-8-5-4-7-14(15)12-17-13(2)16-9-6-11-19-16/h1,4-9,11,13,17H,10,12H2,2H3/t13-/m0/s1. The van der Waals surface area contributed by atoms with Crippen LogP contribution >= 0.6 is 11.3 Å². The van der Waals surface area contributed by atoms with Crippen LogP contribution in [-0.2, 0) is 6.54 Å². The highest BCUT2D eigenvalue weighted by Gasteiger charge is 2.07. The highest BCUT2D eigenvalue weighted by molar-refractivity contribution is 7.10. The molecule has 0 spiro atoms. The molecule has 0 bridgehead atoms. The maximum Gasteiger partial charge on any atom is 0.148 e. The fraction of sp³-hybridized carbons (Fsp3) is 0.250. The minimum atomic E-state index is 0.303. The van der Waals surface area contributed by atoms with Crippen molar-refractivity contribution < 1.29 is 4.74 Å². The zero-order valence-electron chi connectivity index (χ0n) is 10.9. The fourth-order valence-corrected chi connectivity index (χ4v) is 2.57. The Morgan fingerprint density at radius 2 is 2.16 bits per heavy atom. The molecule has 0 aliphatic heterocycles. The summed E-state index contributed by atoms with van der Waals surface area (Å²) in [5, 5.41) is 5.59. The summed E-state index contributed by atoms with van der Waals surface area (Å²) < 4.78 is 5.54. The molecule has 1 aromatic heterocycles. The average molecular weight is 271 g/mol. The molecule has 0 saturated heterocycles. The van der Waals surface area contributed by atoms with E-state index in [2.05, 4.69) is 41.7 Å². The number of hydrogen-bond acceptors (Lipinski definition) is 3. The monoisotopic (exact) mass is 271 g/mol. The second-order valence-electron chi connectivity index (χ2n) is 4.22. The molecule has 1 heterocycles. The summed E-state index contributed by atoms with van der Waals surface area (Å²) in [5.41, 5.74) is 1.13. The van der Waals surface area contributed by atoms with Gasteiger partial charge in [0.25, 0.3) is 0 Å². The second kappa shape index (κ2) is 6.98. The number of rotatable bonds is 6. The van der Waals surface area contributed by atoms with Gasteiger partial charge in [-0.25, -0.2) is 0 Å². The summed E-state index contributed by atoms with van der Waals surface area (Å²) in [7, 11) is 0. The Kier molecular flexibility index (Phi) is 5.02. The molecule has 0 radical (unpaired) electrons. The first-order chi connectivity index (χ1) is 9.31. The minimum absolute atomic E-state index is 0.303. The lowest BCUT2D eigenvalue weighted by Crippen LogP contribution is -2.17. The first-order valence-electron chi connectivity index (χ1n) is 6.22. The molecule has 0 unspecified atom stereocenters. The van der Waals surface area contributed by atoms with E-state index in [4.69, 9.17) is 11.2 Å². The first-order valence-corrected chi connectivity index (χ1v) is 7.10. The van der Waals surface area contributed by atoms with Crippen molar-refractivity contribution in [3.05, 3.63) is 52.2 Å². The Bertz CT molecular complexity index is 542. The van der Waals surface area contributed by atoms with Crippen molar-refractivity contribution in [1.82, 2.24) is 5.32 Å². The number of thiophene rings is 1. The lowest BCUT2D eigenvalue weighted by Gasteiger charge is -2.14. The molecule has 1 atom stereocenters. The van der Waals surface area contributed by atoms with Crippen molar-refractivity contribution in [2.24, 2.45) is 0 Å². The molecule has 1 N–H and O–H groups in total. The molecule has 2 aromatic rings. The van der Waals surface area contributed by atoms with E-state index in [1.165, 1.54) is 4.88 Å². The Balaban J connectivity index is 1.97. The molecular formula is C16H17NOS. The van der Waals surface area contributed by atoms with E-state index < -0.39 is 0 Å². The highest BCUT2D eigenvalue weighted by Crippen LogP contribution is 2.21. The van der Waals surface area contributed by atoms with Gasteiger partial charge in [0.1, 0.15) is 12.4 Å². The van der Waals surface area contributed by atoms with Crippen LogP contribution in [0.15, 0.2) is 41.8 Å². The van der Waals surface area contributed by atoms with Crippen molar-refractivity contribution in [3.63, 3.8) is 0 Å². The van der Waals surface area contributed by atoms with E-state index in [0.29, 0.717) is 12.6 Å². The SMILES string of the molecule is C#CCOc1ccccc1CN[C@@H](C)c1cccs1. The van der Waals surface area contributed by atoms with Gasteiger partial charge in [0, 0.05) is 23.0 Å². The number of nitrogens with one attached hydrogen (secondary N) is 1. The molecule has 2 nitrogen and oxygen atoms in total. The molecule has 2 rings (SSSR count). The molecule has 1 aromatic carbocycles. The van der Waals surface area contributed by atoms with E-state index in [-0.39, 0.29) is 0 Å². The summed E-state index contributed by atoms with van der Waals surface area (Å²) in [5.74, 6) is 3.34. The molecule has 0 fully saturated rings. The number of benzene rings is 1. The van der Waals surface area contributed by atoms with Crippen LogP contribution in [0.1, 0.15) is 23.4 Å². The van der Waals surface area contributed by atoms with Crippen molar-refractivity contribution in [2.75, 3.05) is 6.61 Å². The van der Waals surface area contributed by atoms with Crippen LogP contribution < -0.4 is 10.1 Å². The molecule has 0 aliphatic rings. The van der Waals surface area contributed by atoms with Gasteiger partial charge >= 0.3 is 0 Å². The Hall–Kier alpha value is -1.76. The number of terminal acetylenes is 1. The Labute approximate surface area is 118 Å². The number of ether oxygens (including phenoxy) is 1. The Morgan fingerprint density at radius 1 is 1.32 bits per heavy atom. The molecule has 0 saturated carbocycles. The van der Waals surface area contributed by atoms with E-state index in [9.17, 15) is 0 Å². The van der Waals surface area contributed by atoms with Gasteiger partial charge in [0.2, 0.25) is 0 Å². The van der Waals surface area contributed by atoms with Gasteiger partial charge in [0.15, 0.2) is 0 Å². The van der Waals surface area contributed by atoms with Crippen LogP contribution in [0, 0.1) is 12.3 Å². The number of hydrogen-bond donors (Lipinski definition) is 1. The molecule has 3 heteroatoms. The molecule has 98 valence electrons. The maximum atomic E-state index is 5.54. The van der Waals surface area contributed by atoms with Crippen molar-refractivity contribution in [2.45, 2.75) is 19.5 Å². The van der Waals surface area contributed by atoms with Crippen molar-refractivity contribution in [1.29, 1.82) is 0 Å². The predicted octanol–water partition coefficient (Wildman–Crippen LogP) is 3.61. The van der Waals surface area contributed by atoms with Gasteiger partial charge in [0.05, 0.1) is 0 Å². The summed E-state index contributed by atoms with van der Waals surface area (Å²) >= 11 is 1.76. The smallest absolute Gasteiger partial charge is 0.148 e. The lowest BCUT2D eigenvalue weighted by molar-refractivity contribution is 0.364. The van der Waals surface area contributed by atoms with Gasteiger partial charge < -0.3 is 10.1 Å². The zero-order valence-corrected chi connectivity index (χ0v) is 11.7. The molecule has 0 amide bonds. The van der Waals surface area contributed by atoms with E-state index in [1.807, 2.05) is 18.2 Å². The maximum absolute atomic E-state index is 5.54. The first kappa shape index (κ1) is 13.7. The van der Waals surface area contributed by atoms with Gasteiger partial charge in [-0.15, -0.1) is 17.8 Å². The van der Waals surface area contributed by atoms with E-state index >= 15 is 0 Å². The summed E-state index contributed by atoms with van der Waals surface area (Å²) in [6.45, 7) is 3.23. The second-order valence-corrected chi connectivity index (χ2v) is 5.20. The largest absolute Gasteiger partial charge is 0.481 e. The summed E-state index contributed by atoms with van der Waals surface area (Å²) in [4.78, 5) is 1.34. The normalized spacial score (nSPS) is 11.8. The van der Waals surface area contributed by atoms with Crippen LogP contribution in [0.3, 0.4) is 0 Å². The van der Waals surface area contributed by atoms with Crippen LogP contribution in [0.2, 0.25) is 0 Å². The third-order valence-corrected chi connectivity index (χ3v) is 3.91. The van der Waals surface area contributed by atoms with E-state index in [1.54, 1.807) is 11.3 Å². The quantitative estimate of drug-likeness (QED) is 0.810. The van der Waals surface area contributed by atoms with Crippen molar-refractivity contribution in [3.8, 4) is 18.1 Å². The van der Waals surface area contributed by atoms with Crippen LogP contribution in [0.4, 0.5) is 0 Å². The third-order valence-electron chi connectivity index (χ3n) is 2.85. The number of para-hydroxylation sites is 1. The predicted molar refractivity (Wildman–Crippen MR) is 80.3 cm³/mol. The lowest BCUT2D eigenvalue weighted by atomic mass is 10.2. The van der Waals surface area contributed by atoms with Gasteiger partial charge in [-0.05, 0) is 24.4 Å². The van der Waals surface area contributed by atoms with Crippen LogP contribution in [0.5, 0.6) is 5.75 Å². The van der Waals surface area contributed by atoms with Gasteiger partial charge in [-0.1, -0.05) is 30.2 Å². The Morgan fingerprint density at radius 3 is 2.89 bits per heavy atom. The van der Waals surface area contributed by atoms with Crippen LogP contribution in [0.25, 0.3) is 0 Å². The molecular weight excluding hydrogens is 254 g/mol. The van der Waals surface area contributed by atoms with E-state index in [0.717, 1.165) is 17.9 Å². The topological polar surface area (TPSA) is 21.3 Å². The highest BCUT2D eigenvalue weighted by atomic mass is 32.1. The fourth-order valence-electron chi connectivity index (χ4n) is 1.81. The van der Waals surface area contributed by atoms with Crippen molar-refractivity contribution >= 4 is 11.3 Å². The zero-order chi connectivity index (χ0) is 13.5. The average Bonchev–Trinajstić information content (AvgIpc) is 2.97. The summed E-state index contributed by atoms with van der Waals surface area (Å²) in [6.07, 6.45) is 5.22. The van der Waals surface area contributed by atoms with Crippen LogP contribution in [-0.4, -0.2) is 6.61 Å². The summed E-state index contributed by atoms with van der Waals surface area (Å²) in [6, 6.07) is 12.5. The molecule has 0 aliphatic carbocycles. The molecule has 19 heavy (non-hydrogen) atoms. The van der Waals surface area contributed by atoms with Gasteiger partial charge in [-0.2, -0.15) is 0 Å². The van der Waals surface area contributed by atoms with Gasteiger partial charge in [-0.3, -0.25) is 0 Å². The minimum Gasteiger partial charge on any atom is -0.481 e.